The number of nitrogens with zero attached hydrogens (tertiary/aromatic N) is 1. The smallest absolute Gasteiger partial charge is 0.168 e. The predicted octanol–water partition coefficient (Wildman–Crippen LogP) is 4.34. The molecule has 4 heteroatoms. The van der Waals surface area contributed by atoms with Gasteiger partial charge in [-0.1, -0.05) is 18.2 Å². The van der Waals surface area contributed by atoms with Crippen molar-refractivity contribution >= 4 is 17.8 Å². The minimum absolute atomic E-state index is 0.373. The van der Waals surface area contributed by atoms with Crippen molar-refractivity contribution in [3.63, 3.8) is 0 Å². The molecular formula is C16H14F3N. The van der Waals surface area contributed by atoms with Crippen LogP contribution >= 0.6 is 0 Å². The standard InChI is InChI=1S/C16H14F3N/c1-20(2)12-6-3-11(4-7-12)5-8-13-14(17)9-10-15(18)16(13)19/h3-10H,1-2H3/b8-5+. The van der Waals surface area contributed by atoms with Gasteiger partial charge in [-0.25, -0.2) is 13.2 Å². The maximum Gasteiger partial charge on any atom is 0.168 e. The Kier molecular flexibility index (Phi) is 4.13. The molecule has 0 saturated heterocycles. The fourth-order valence-corrected chi connectivity index (χ4v) is 1.76. The average molecular weight is 277 g/mol. The van der Waals surface area contributed by atoms with E-state index >= 15 is 0 Å². The third-order valence-corrected chi connectivity index (χ3v) is 2.93. The van der Waals surface area contributed by atoms with Gasteiger partial charge in [-0.2, -0.15) is 0 Å². The fraction of sp³-hybridized carbons (Fsp3) is 0.125. The number of anilines is 1. The van der Waals surface area contributed by atoms with Crippen molar-refractivity contribution in [2.45, 2.75) is 0 Å². The van der Waals surface area contributed by atoms with Crippen LogP contribution in [0, 0.1) is 17.5 Å². The van der Waals surface area contributed by atoms with Crippen molar-refractivity contribution in [3.05, 3.63) is 65.0 Å². The molecule has 104 valence electrons. The summed E-state index contributed by atoms with van der Waals surface area (Å²) >= 11 is 0. The first kappa shape index (κ1) is 14.2. The number of benzene rings is 2. The molecule has 0 aromatic heterocycles. The fourth-order valence-electron chi connectivity index (χ4n) is 1.76. The van der Waals surface area contributed by atoms with E-state index in [0.717, 1.165) is 23.4 Å². The molecule has 20 heavy (non-hydrogen) atoms. The van der Waals surface area contributed by atoms with Gasteiger partial charge in [0.05, 0.1) is 0 Å². The van der Waals surface area contributed by atoms with Crippen molar-refractivity contribution in [3.8, 4) is 0 Å². The van der Waals surface area contributed by atoms with E-state index in [-0.39, 0.29) is 5.56 Å². The van der Waals surface area contributed by atoms with Crippen molar-refractivity contribution in [2.24, 2.45) is 0 Å². The predicted molar refractivity (Wildman–Crippen MR) is 76.0 cm³/mol. The Morgan fingerprint density at radius 3 is 2.00 bits per heavy atom. The molecule has 0 aliphatic rings. The Bertz CT molecular complexity index is 631. The highest BCUT2D eigenvalue weighted by molar-refractivity contribution is 5.71. The lowest BCUT2D eigenvalue weighted by Gasteiger charge is -2.11. The van der Waals surface area contributed by atoms with Crippen LogP contribution in [-0.4, -0.2) is 14.1 Å². The van der Waals surface area contributed by atoms with E-state index in [0.29, 0.717) is 0 Å². The summed E-state index contributed by atoms with van der Waals surface area (Å²) in [5, 5.41) is 0. The molecule has 0 saturated carbocycles. The summed E-state index contributed by atoms with van der Waals surface area (Å²) < 4.78 is 39.9. The second-order valence-corrected chi connectivity index (χ2v) is 4.58. The van der Waals surface area contributed by atoms with Crippen LogP contribution in [-0.2, 0) is 0 Å². The second-order valence-electron chi connectivity index (χ2n) is 4.58. The first-order chi connectivity index (χ1) is 9.49. The molecule has 2 aromatic rings. The van der Waals surface area contributed by atoms with Gasteiger partial charge < -0.3 is 4.90 Å². The van der Waals surface area contributed by atoms with E-state index in [4.69, 9.17) is 0 Å². The molecule has 0 aliphatic carbocycles. The molecule has 1 nitrogen and oxygen atoms in total. The van der Waals surface area contributed by atoms with E-state index in [1.807, 2.05) is 43.3 Å². The van der Waals surface area contributed by atoms with E-state index in [1.54, 1.807) is 6.08 Å². The maximum absolute atomic E-state index is 13.5. The van der Waals surface area contributed by atoms with Crippen LogP contribution in [0.4, 0.5) is 18.9 Å². The summed E-state index contributed by atoms with van der Waals surface area (Å²) in [6, 6.07) is 9.10. The molecule has 0 aliphatic heterocycles. The van der Waals surface area contributed by atoms with Gasteiger partial charge in [0, 0.05) is 25.3 Å². The maximum atomic E-state index is 13.5. The zero-order valence-electron chi connectivity index (χ0n) is 11.2. The number of hydrogen-bond acceptors (Lipinski definition) is 1. The highest BCUT2D eigenvalue weighted by Gasteiger charge is 2.10. The molecule has 2 aromatic carbocycles. The van der Waals surface area contributed by atoms with Crippen molar-refractivity contribution in [1.82, 2.24) is 0 Å². The van der Waals surface area contributed by atoms with E-state index in [9.17, 15) is 13.2 Å². The minimum Gasteiger partial charge on any atom is -0.378 e. The first-order valence-electron chi connectivity index (χ1n) is 6.08. The summed E-state index contributed by atoms with van der Waals surface area (Å²) in [5.41, 5.74) is 1.42. The Hall–Kier alpha value is -2.23. The Balaban J connectivity index is 2.28. The van der Waals surface area contributed by atoms with Gasteiger partial charge in [0.15, 0.2) is 11.6 Å². The SMILES string of the molecule is CN(C)c1ccc(/C=C/c2c(F)ccc(F)c2F)cc1. The Morgan fingerprint density at radius 2 is 1.40 bits per heavy atom. The molecule has 0 N–H and O–H groups in total. The normalized spacial score (nSPS) is 11.1. The summed E-state index contributed by atoms with van der Waals surface area (Å²) in [5.74, 6) is -3.02. The number of halogens is 3. The van der Waals surface area contributed by atoms with Crippen LogP contribution < -0.4 is 4.90 Å². The van der Waals surface area contributed by atoms with Crippen LogP contribution in [0.3, 0.4) is 0 Å². The molecule has 0 radical (unpaired) electrons. The highest BCUT2D eigenvalue weighted by atomic mass is 19.2. The van der Waals surface area contributed by atoms with E-state index in [1.165, 1.54) is 6.08 Å². The number of hydrogen-bond donors (Lipinski definition) is 0. The second kappa shape index (κ2) is 5.82. The third kappa shape index (κ3) is 3.02. The van der Waals surface area contributed by atoms with E-state index in [2.05, 4.69) is 0 Å². The molecule has 2 rings (SSSR count). The molecule has 0 fully saturated rings. The van der Waals surface area contributed by atoms with Gasteiger partial charge in [-0.15, -0.1) is 0 Å². The van der Waals surface area contributed by atoms with Gasteiger partial charge in [0.2, 0.25) is 0 Å². The van der Waals surface area contributed by atoms with Crippen molar-refractivity contribution in [2.75, 3.05) is 19.0 Å². The average Bonchev–Trinajstić information content (AvgIpc) is 2.43. The Labute approximate surface area is 116 Å². The molecule has 0 spiro atoms. The lowest BCUT2D eigenvalue weighted by molar-refractivity contribution is 0.492. The Morgan fingerprint density at radius 1 is 0.800 bits per heavy atom. The highest BCUT2D eigenvalue weighted by Crippen LogP contribution is 2.19. The summed E-state index contributed by atoms with van der Waals surface area (Å²) in [7, 11) is 3.84. The lowest BCUT2D eigenvalue weighted by Crippen LogP contribution is -2.07. The summed E-state index contributed by atoms with van der Waals surface area (Å²) in [4.78, 5) is 1.94. The largest absolute Gasteiger partial charge is 0.378 e. The first-order valence-corrected chi connectivity index (χ1v) is 6.08. The van der Waals surface area contributed by atoms with Gasteiger partial charge in [-0.3, -0.25) is 0 Å². The van der Waals surface area contributed by atoms with Gasteiger partial charge in [-0.05, 0) is 35.9 Å². The molecule has 0 unspecified atom stereocenters. The quantitative estimate of drug-likeness (QED) is 0.596. The van der Waals surface area contributed by atoms with Crippen molar-refractivity contribution in [1.29, 1.82) is 0 Å². The van der Waals surface area contributed by atoms with Crippen LogP contribution in [0.2, 0.25) is 0 Å². The van der Waals surface area contributed by atoms with Crippen LogP contribution in [0.15, 0.2) is 36.4 Å². The minimum atomic E-state index is -1.17. The topological polar surface area (TPSA) is 3.24 Å². The monoisotopic (exact) mass is 277 g/mol. The van der Waals surface area contributed by atoms with E-state index < -0.39 is 17.5 Å². The molecule has 0 heterocycles. The summed E-state index contributed by atoms with van der Waals surface area (Å²) in [6.07, 6.45) is 2.78. The molecule has 0 bridgehead atoms. The molecule has 0 amide bonds. The summed E-state index contributed by atoms with van der Waals surface area (Å²) in [6.45, 7) is 0. The van der Waals surface area contributed by atoms with Crippen LogP contribution in [0.5, 0.6) is 0 Å². The van der Waals surface area contributed by atoms with Gasteiger partial charge in [0.1, 0.15) is 5.82 Å². The van der Waals surface area contributed by atoms with Gasteiger partial charge in [0.25, 0.3) is 0 Å². The van der Waals surface area contributed by atoms with Crippen LogP contribution in [0.1, 0.15) is 11.1 Å². The van der Waals surface area contributed by atoms with Crippen LogP contribution in [0.25, 0.3) is 12.2 Å². The lowest BCUT2D eigenvalue weighted by atomic mass is 10.1. The van der Waals surface area contributed by atoms with Gasteiger partial charge >= 0.3 is 0 Å². The molecular weight excluding hydrogens is 263 g/mol. The number of rotatable bonds is 3. The zero-order chi connectivity index (χ0) is 14.7. The van der Waals surface area contributed by atoms with Crippen molar-refractivity contribution < 1.29 is 13.2 Å². The molecule has 0 atom stereocenters. The third-order valence-electron chi connectivity index (χ3n) is 2.93. The zero-order valence-corrected chi connectivity index (χ0v) is 11.2.